The summed E-state index contributed by atoms with van der Waals surface area (Å²) in [6, 6.07) is -0.168. The first-order chi connectivity index (χ1) is 11.0. The van der Waals surface area contributed by atoms with E-state index in [2.05, 4.69) is 15.6 Å². The first-order valence-corrected chi connectivity index (χ1v) is 7.92. The highest BCUT2D eigenvalue weighted by molar-refractivity contribution is 5.96. The molecule has 2 N–H and O–H groups in total. The first kappa shape index (κ1) is 15.7. The summed E-state index contributed by atoms with van der Waals surface area (Å²) in [5, 5.41) is 20.8. The predicted octanol–water partition coefficient (Wildman–Crippen LogP) is 1.52. The zero-order chi connectivity index (χ0) is 16.6. The fourth-order valence-corrected chi connectivity index (χ4v) is 3.14. The molecule has 1 aliphatic rings. The summed E-state index contributed by atoms with van der Waals surface area (Å²) in [4.78, 5) is 12.7. The molecule has 2 aromatic heterocycles. The number of nitrogens with one attached hydrogen (secondary N) is 1. The van der Waals surface area contributed by atoms with Crippen LogP contribution >= 0.6 is 0 Å². The van der Waals surface area contributed by atoms with E-state index in [4.69, 9.17) is 4.52 Å². The summed E-state index contributed by atoms with van der Waals surface area (Å²) in [5.41, 5.74) is 2.13. The molecular formula is C16H22N4O3. The Kier molecular flexibility index (Phi) is 4.21. The lowest BCUT2D eigenvalue weighted by molar-refractivity contribution is 0.0235. The number of aromatic nitrogens is 3. The number of hydrogen-bond donors (Lipinski definition) is 2. The van der Waals surface area contributed by atoms with E-state index >= 15 is 0 Å². The van der Waals surface area contributed by atoms with Gasteiger partial charge in [-0.15, -0.1) is 0 Å². The molecule has 7 nitrogen and oxygen atoms in total. The Morgan fingerprint density at radius 1 is 1.57 bits per heavy atom. The number of nitrogens with zero attached hydrogens (tertiary/aromatic N) is 3. The molecule has 0 spiro atoms. The number of aliphatic hydroxyl groups is 1. The molecule has 0 radical (unpaired) electrons. The summed E-state index contributed by atoms with van der Waals surface area (Å²) >= 11 is 0. The van der Waals surface area contributed by atoms with Crippen LogP contribution in [0.3, 0.4) is 0 Å². The maximum Gasteiger partial charge on any atom is 0.257 e. The average Bonchev–Trinajstić information content (AvgIpc) is 3.07. The molecule has 1 aliphatic carbocycles. The standard InChI is InChI=1S/C16H22N4O3/c1-4-13-14(9(2)23-19-13)16(22)18-15(10-5-12(21)6-10)11-7-17-20(3)8-11/h7-8,10,12,15,21H,4-6H2,1-3H3,(H,18,22). The van der Waals surface area contributed by atoms with E-state index in [0.717, 1.165) is 5.56 Å². The van der Waals surface area contributed by atoms with Gasteiger partial charge >= 0.3 is 0 Å². The molecule has 1 saturated carbocycles. The van der Waals surface area contributed by atoms with Crippen molar-refractivity contribution in [2.24, 2.45) is 13.0 Å². The van der Waals surface area contributed by atoms with Crippen LogP contribution in [0, 0.1) is 12.8 Å². The molecule has 2 heterocycles. The molecule has 0 aromatic carbocycles. The number of aryl methyl sites for hydroxylation is 3. The van der Waals surface area contributed by atoms with Gasteiger partial charge in [0.05, 0.1) is 24.0 Å². The van der Waals surface area contributed by atoms with Crippen molar-refractivity contribution in [2.75, 3.05) is 0 Å². The van der Waals surface area contributed by atoms with Crippen LogP contribution in [0.5, 0.6) is 0 Å². The minimum Gasteiger partial charge on any atom is -0.393 e. The largest absolute Gasteiger partial charge is 0.393 e. The predicted molar refractivity (Wildman–Crippen MR) is 82.8 cm³/mol. The molecule has 0 bridgehead atoms. The second-order valence-electron chi connectivity index (χ2n) is 6.20. The number of amides is 1. The minimum atomic E-state index is -0.278. The van der Waals surface area contributed by atoms with Crippen molar-refractivity contribution in [3.05, 3.63) is 35.0 Å². The highest BCUT2D eigenvalue weighted by Gasteiger charge is 2.37. The van der Waals surface area contributed by atoms with Crippen molar-refractivity contribution in [3.8, 4) is 0 Å². The van der Waals surface area contributed by atoms with Crippen LogP contribution in [0.4, 0.5) is 0 Å². The summed E-state index contributed by atoms with van der Waals surface area (Å²) in [6.45, 7) is 3.68. The Morgan fingerprint density at radius 3 is 2.87 bits per heavy atom. The van der Waals surface area contributed by atoms with E-state index < -0.39 is 0 Å². The summed E-state index contributed by atoms with van der Waals surface area (Å²) in [6.07, 6.45) is 5.39. The van der Waals surface area contributed by atoms with E-state index in [-0.39, 0.29) is 24.0 Å². The molecule has 7 heteroatoms. The molecule has 3 rings (SSSR count). The van der Waals surface area contributed by atoms with Gasteiger partial charge in [0.25, 0.3) is 5.91 Å². The Bertz CT molecular complexity index is 700. The van der Waals surface area contributed by atoms with Gasteiger partial charge in [-0.25, -0.2) is 0 Å². The van der Waals surface area contributed by atoms with Crippen molar-refractivity contribution in [1.82, 2.24) is 20.3 Å². The molecule has 2 aromatic rings. The van der Waals surface area contributed by atoms with Gasteiger partial charge in [-0.2, -0.15) is 5.10 Å². The summed E-state index contributed by atoms with van der Waals surface area (Å²) in [7, 11) is 1.84. The van der Waals surface area contributed by atoms with Crippen LogP contribution < -0.4 is 5.32 Å². The van der Waals surface area contributed by atoms with Crippen LogP contribution in [-0.4, -0.2) is 32.1 Å². The molecule has 0 saturated heterocycles. The van der Waals surface area contributed by atoms with Crippen LogP contribution in [0.1, 0.15) is 53.2 Å². The van der Waals surface area contributed by atoms with Crippen LogP contribution in [0.25, 0.3) is 0 Å². The summed E-state index contributed by atoms with van der Waals surface area (Å²) in [5.74, 6) is 0.553. The molecule has 1 fully saturated rings. The minimum absolute atomic E-state index is 0.168. The lowest BCUT2D eigenvalue weighted by Gasteiger charge is -2.37. The van der Waals surface area contributed by atoms with E-state index in [1.54, 1.807) is 17.8 Å². The Hall–Kier alpha value is -2.15. The third-order valence-corrected chi connectivity index (χ3v) is 4.49. The maximum absolute atomic E-state index is 12.7. The fourth-order valence-electron chi connectivity index (χ4n) is 3.14. The lowest BCUT2D eigenvalue weighted by atomic mass is 9.75. The number of carbonyl (C=O) groups is 1. The van der Waals surface area contributed by atoms with Gasteiger partial charge in [-0.3, -0.25) is 9.48 Å². The molecular weight excluding hydrogens is 296 g/mol. The van der Waals surface area contributed by atoms with Crippen LogP contribution in [-0.2, 0) is 13.5 Å². The third-order valence-electron chi connectivity index (χ3n) is 4.49. The quantitative estimate of drug-likeness (QED) is 0.872. The monoisotopic (exact) mass is 318 g/mol. The Balaban J connectivity index is 1.83. The van der Waals surface area contributed by atoms with E-state index in [0.29, 0.717) is 36.3 Å². The first-order valence-electron chi connectivity index (χ1n) is 7.92. The number of rotatable bonds is 5. The normalized spacial score (nSPS) is 21.7. The van der Waals surface area contributed by atoms with Gasteiger partial charge in [0.15, 0.2) is 0 Å². The number of hydrogen-bond acceptors (Lipinski definition) is 5. The molecule has 1 unspecified atom stereocenters. The molecule has 124 valence electrons. The van der Waals surface area contributed by atoms with Crippen molar-refractivity contribution >= 4 is 5.91 Å². The van der Waals surface area contributed by atoms with Crippen LogP contribution in [0.15, 0.2) is 16.9 Å². The summed E-state index contributed by atoms with van der Waals surface area (Å²) < 4.78 is 6.86. The van der Waals surface area contributed by atoms with E-state index in [1.165, 1.54) is 0 Å². The average molecular weight is 318 g/mol. The number of aliphatic hydroxyl groups excluding tert-OH is 1. The van der Waals surface area contributed by atoms with Crippen molar-refractivity contribution in [2.45, 2.75) is 45.3 Å². The zero-order valence-corrected chi connectivity index (χ0v) is 13.6. The second kappa shape index (κ2) is 6.16. The van der Waals surface area contributed by atoms with Gasteiger partial charge in [-0.1, -0.05) is 12.1 Å². The highest BCUT2D eigenvalue weighted by Crippen LogP contribution is 2.38. The SMILES string of the molecule is CCc1noc(C)c1C(=O)NC(c1cnn(C)c1)C1CC(O)C1. The topological polar surface area (TPSA) is 93.2 Å². The lowest BCUT2D eigenvalue weighted by Crippen LogP contribution is -2.41. The molecule has 23 heavy (non-hydrogen) atoms. The second-order valence-corrected chi connectivity index (χ2v) is 6.20. The van der Waals surface area contributed by atoms with Crippen molar-refractivity contribution in [3.63, 3.8) is 0 Å². The van der Waals surface area contributed by atoms with Gasteiger partial charge in [0.2, 0.25) is 0 Å². The molecule has 0 aliphatic heterocycles. The van der Waals surface area contributed by atoms with Gasteiger partial charge in [-0.05, 0) is 32.1 Å². The molecule has 1 amide bonds. The molecule has 1 atom stereocenters. The van der Waals surface area contributed by atoms with Gasteiger partial charge in [0, 0.05) is 18.8 Å². The maximum atomic E-state index is 12.7. The zero-order valence-electron chi connectivity index (χ0n) is 13.6. The smallest absolute Gasteiger partial charge is 0.257 e. The van der Waals surface area contributed by atoms with Crippen molar-refractivity contribution < 1.29 is 14.4 Å². The van der Waals surface area contributed by atoms with Crippen LogP contribution in [0.2, 0.25) is 0 Å². The fraction of sp³-hybridized carbons (Fsp3) is 0.562. The third kappa shape index (κ3) is 3.01. The van der Waals surface area contributed by atoms with Crippen molar-refractivity contribution in [1.29, 1.82) is 0 Å². The highest BCUT2D eigenvalue weighted by atomic mass is 16.5. The van der Waals surface area contributed by atoms with E-state index in [9.17, 15) is 9.90 Å². The Morgan fingerprint density at radius 2 is 2.30 bits per heavy atom. The van der Waals surface area contributed by atoms with E-state index in [1.807, 2.05) is 20.2 Å². The Labute approximate surface area is 134 Å². The number of carbonyl (C=O) groups excluding carboxylic acids is 1. The van der Waals surface area contributed by atoms with Gasteiger partial charge in [0.1, 0.15) is 11.3 Å². The van der Waals surface area contributed by atoms with Gasteiger partial charge < -0.3 is 14.9 Å².